The van der Waals surface area contributed by atoms with Gasteiger partial charge >= 0.3 is 5.97 Å². The second kappa shape index (κ2) is 4.57. The summed E-state index contributed by atoms with van der Waals surface area (Å²) >= 11 is 0. The Morgan fingerprint density at radius 2 is 1.82 bits per heavy atom. The summed E-state index contributed by atoms with van der Waals surface area (Å²) in [5.41, 5.74) is 0.00718. The van der Waals surface area contributed by atoms with Crippen LogP contribution in [0.25, 0.3) is 0 Å². The number of rotatable bonds is 3. The van der Waals surface area contributed by atoms with E-state index in [1.54, 1.807) is 0 Å². The van der Waals surface area contributed by atoms with E-state index in [4.69, 9.17) is 9.84 Å². The van der Waals surface area contributed by atoms with Crippen molar-refractivity contribution in [3.8, 4) is 5.75 Å². The Bertz CT molecular complexity index is 455. The number of aromatic carboxylic acids is 1. The van der Waals surface area contributed by atoms with Crippen LogP contribution in [-0.2, 0) is 0 Å². The fourth-order valence-electron chi connectivity index (χ4n) is 1.44. The molecule has 1 N–H and O–H groups in total. The van der Waals surface area contributed by atoms with Crippen molar-refractivity contribution in [2.45, 2.75) is 20.8 Å². The van der Waals surface area contributed by atoms with Crippen LogP contribution in [0, 0.1) is 5.41 Å². The van der Waals surface area contributed by atoms with Gasteiger partial charge in [0.1, 0.15) is 11.3 Å². The number of methoxy groups -OCH3 is 1. The van der Waals surface area contributed by atoms with E-state index >= 15 is 0 Å². The molecule has 4 nitrogen and oxygen atoms in total. The highest BCUT2D eigenvalue weighted by Crippen LogP contribution is 2.26. The molecule has 0 saturated carbocycles. The lowest BCUT2D eigenvalue weighted by Gasteiger charge is -2.17. The van der Waals surface area contributed by atoms with Crippen LogP contribution in [0.3, 0.4) is 0 Å². The molecule has 4 heteroatoms. The number of hydrogen-bond donors (Lipinski definition) is 1. The number of benzene rings is 1. The zero-order valence-corrected chi connectivity index (χ0v) is 10.4. The lowest BCUT2D eigenvalue weighted by molar-refractivity contribution is 0.0692. The summed E-state index contributed by atoms with van der Waals surface area (Å²) in [7, 11) is 1.38. The fraction of sp³-hybridized carbons (Fsp3) is 0.385. The monoisotopic (exact) mass is 236 g/mol. The second-order valence-corrected chi connectivity index (χ2v) is 4.80. The molecule has 0 heterocycles. The molecular formula is C13H16O4. The standard InChI is InChI=1S/C13H16O4/c1-13(2,3)11(14)8-5-6-9(12(15)16)10(7-8)17-4/h5-7H,1-4H3,(H,15,16). The highest BCUT2D eigenvalue weighted by Gasteiger charge is 2.24. The topological polar surface area (TPSA) is 63.6 Å². The Hall–Kier alpha value is -1.84. The molecule has 0 fully saturated rings. The molecule has 0 amide bonds. The first-order chi connectivity index (χ1) is 7.77. The number of carbonyl (C=O) groups is 2. The van der Waals surface area contributed by atoms with Gasteiger partial charge in [0.05, 0.1) is 7.11 Å². The van der Waals surface area contributed by atoms with Crippen molar-refractivity contribution in [3.63, 3.8) is 0 Å². The number of carbonyl (C=O) groups excluding carboxylic acids is 1. The van der Waals surface area contributed by atoms with Crippen molar-refractivity contribution < 1.29 is 19.4 Å². The number of hydrogen-bond acceptors (Lipinski definition) is 3. The van der Waals surface area contributed by atoms with Crippen LogP contribution in [0.1, 0.15) is 41.5 Å². The lowest BCUT2D eigenvalue weighted by atomic mass is 9.86. The molecule has 0 saturated heterocycles. The average molecular weight is 236 g/mol. The zero-order chi connectivity index (χ0) is 13.2. The van der Waals surface area contributed by atoms with E-state index in [-0.39, 0.29) is 17.1 Å². The van der Waals surface area contributed by atoms with Gasteiger partial charge in [0.2, 0.25) is 0 Å². The van der Waals surface area contributed by atoms with E-state index in [1.807, 2.05) is 20.8 Å². The van der Waals surface area contributed by atoms with Crippen LogP contribution in [0.15, 0.2) is 18.2 Å². The first-order valence-corrected chi connectivity index (χ1v) is 5.23. The highest BCUT2D eigenvalue weighted by atomic mass is 16.5. The van der Waals surface area contributed by atoms with Crippen molar-refractivity contribution in [1.29, 1.82) is 0 Å². The van der Waals surface area contributed by atoms with E-state index in [9.17, 15) is 9.59 Å². The second-order valence-electron chi connectivity index (χ2n) is 4.80. The van der Waals surface area contributed by atoms with Crippen LogP contribution in [0.4, 0.5) is 0 Å². The van der Waals surface area contributed by atoms with Crippen LogP contribution < -0.4 is 4.74 Å². The Morgan fingerprint density at radius 1 is 1.24 bits per heavy atom. The predicted octanol–water partition coefficient (Wildman–Crippen LogP) is 2.62. The van der Waals surface area contributed by atoms with Gasteiger partial charge in [0, 0.05) is 11.0 Å². The first kappa shape index (κ1) is 13.2. The molecule has 0 bridgehead atoms. The number of ether oxygens (including phenoxy) is 1. The number of carboxylic acid groups (broad SMARTS) is 1. The fourth-order valence-corrected chi connectivity index (χ4v) is 1.44. The van der Waals surface area contributed by atoms with Gasteiger partial charge in [-0.3, -0.25) is 4.79 Å². The van der Waals surface area contributed by atoms with Crippen LogP contribution in [0.5, 0.6) is 5.75 Å². The maximum absolute atomic E-state index is 12.0. The van der Waals surface area contributed by atoms with Crippen molar-refractivity contribution in [1.82, 2.24) is 0 Å². The molecule has 0 atom stereocenters. The molecule has 0 aliphatic rings. The molecule has 0 spiro atoms. The van der Waals surface area contributed by atoms with E-state index in [1.165, 1.54) is 25.3 Å². The third-order valence-electron chi connectivity index (χ3n) is 2.38. The van der Waals surface area contributed by atoms with Crippen LogP contribution in [0.2, 0.25) is 0 Å². The summed E-state index contributed by atoms with van der Waals surface area (Å²) in [6.07, 6.45) is 0. The van der Waals surface area contributed by atoms with Gasteiger partial charge in [-0.2, -0.15) is 0 Å². The molecule has 0 aliphatic heterocycles. The van der Waals surface area contributed by atoms with Gasteiger partial charge in [-0.25, -0.2) is 4.79 Å². The zero-order valence-electron chi connectivity index (χ0n) is 10.4. The summed E-state index contributed by atoms with van der Waals surface area (Å²) in [4.78, 5) is 22.9. The lowest BCUT2D eigenvalue weighted by Crippen LogP contribution is -2.20. The molecule has 1 aromatic carbocycles. The maximum atomic E-state index is 12.0. The van der Waals surface area contributed by atoms with Gasteiger partial charge in [-0.15, -0.1) is 0 Å². The molecule has 0 radical (unpaired) electrons. The van der Waals surface area contributed by atoms with E-state index in [2.05, 4.69) is 0 Å². The van der Waals surface area contributed by atoms with Crippen molar-refractivity contribution in [2.75, 3.05) is 7.11 Å². The quantitative estimate of drug-likeness (QED) is 0.819. The number of carboxylic acids is 1. The molecular weight excluding hydrogens is 220 g/mol. The summed E-state index contributed by atoms with van der Waals surface area (Å²) in [6.45, 7) is 5.44. The molecule has 1 aromatic rings. The van der Waals surface area contributed by atoms with Gasteiger partial charge in [0.15, 0.2) is 5.78 Å². The smallest absolute Gasteiger partial charge is 0.339 e. The Labute approximate surface area is 100 Å². The van der Waals surface area contributed by atoms with Crippen molar-refractivity contribution in [3.05, 3.63) is 29.3 Å². The molecule has 0 aliphatic carbocycles. The molecule has 17 heavy (non-hydrogen) atoms. The largest absolute Gasteiger partial charge is 0.496 e. The van der Waals surface area contributed by atoms with E-state index in [0.29, 0.717) is 5.56 Å². The number of ketones is 1. The van der Waals surface area contributed by atoms with Crippen molar-refractivity contribution in [2.24, 2.45) is 5.41 Å². The summed E-state index contributed by atoms with van der Waals surface area (Å²) in [5, 5.41) is 8.92. The van der Waals surface area contributed by atoms with Crippen LogP contribution >= 0.6 is 0 Å². The van der Waals surface area contributed by atoms with Crippen molar-refractivity contribution >= 4 is 11.8 Å². The van der Waals surface area contributed by atoms with Gasteiger partial charge < -0.3 is 9.84 Å². The summed E-state index contributed by atoms with van der Waals surface area (Å²) < 4.78 is 4.98. The summed E-state index contributed by atoms with van der Waals surface area (Å²) in [5.74, 6) is -0.919. The molecule has 1 rings (SSSR count). The summed E-state index contributed by atoms with van der Waals surface area (Å²) in [6, 6.07) is 4.37. The molecule has 0 aromatic heterocycles. The maximum Gasteiger partial charge on any atom is 0.339 e. The normalized spacial score (nSPS) is 11.1. The Morgan fingerprint density at radius 3 is 2.24 bits per heavy atom. The number of Topliss-reactive ketones (excluding diaryl/α,β-unsaturated/α-hetero) is 1. The van der Waals surface area contributed by atoms with Gasteiger partial charge in [-0.05, 0) is 12.1 Å². The third-order valence-corrected chi connectivity index (χ3v) is 2.38. The average Bonchev–Trinajstić information content (AvgIpc) is 2.25. The Kier molecular flexibility index (Phi) is 3.56. The SMILES string of the molecule is COc1cc(C(=O)C(C)(C)C)ccc1C(=O)O. The minimum atomic E-state index is -1.07. The predicted molar refractivity (Wildman–Crippen MR) is 63.7 cm³/mol. The minimum absolute atomic E-state index is 0.0484. The Balaban J connectivity index is 3.23. The minimum Gasteiger partial charge on any atom is -0.496 e. The highest BCUT2D eigenvalue weighted by molar-refractivity contribution is 6.01. The van der Waals surface area contributed by atoms with Gasteiger partial charge in [-0.1, -0.05) is 26.8 Å². The first-order valence-electron chi connectivity index (χ1n) is 5.23. The molecule has 92 valence electrons. The van der Waals surface area contributed by atoms with E-state index < -0.39 is 11.4 Å². The third kappa shape index (κ3) is 2.84. The van der Waals surface area contributed by atoms with Crippen LogP contribution in [-0.4, -0.2) is 24.0 Å². The van der Waals surface area contributed by atoms with Gasteiger partial charge in [0.25, 0.3) is 0 Å². The van der Waals surface area contributed by atoms with E-state index in [0.717, 1.165) is 0 Å². The molecule has 0 unspecified atom stereocenters.